The molecule has 0 spiro atoms. The van der Waals surface area contributed by atoms with E-state index in [9.17, 15) is 0 Å². The molecule has 1 aliphatic carbocycles. The summed E-state index contributed by atoms with van der Waals surface area (Å²) in [6.07, 6.45) is 5.73. The summed E-state index contributed by atoms with van der Waals surface area (Å²) in [4.78, 5) is 2.54. The lowest BCUT2D eigenvalue weighted by Crippen LogP contribution is -2.20. The van der Waals surface area contributed by atoms with Gasteiger partial charge in [0.05, 0.1) is 0 Å². The van der Waals surface area contributed by atoms with Crippen molar-refractivity contribution in [3.63, 3.8) is 0 Å². The van der Waals surface area contributed by atoms with Crippen LogP contribution in [-0.2, 0) is 0 Å². The van der Waals surface area contributed by atoms with E-state index in [0.717, 1.165) is 17.8 Å². The fourth-order valence-corrected chi connectivity index (χ4v) is 3.98. The van der Waals surface area contributed by atoms with Crippen molar-refractivity contribution in [3.8, 4) is 0 Å². The SMILES string of the molecule is CN1C[C@@H]2CCCC[C@H](c3ccccc3)[C@@H]2C1. The van der Waals surface area contributed by atoms with Crippen LogP contribution in [0.3, 0.4) is 0 Å². The summed E-state index contributed by atoms with van der Waals surface area (Å²) in [6, 6.07) is 11.2. The standard InChI is InChI=1S/C16H23N/c1-17-11-14-9-5-6-10-15(16(14)12-17)13-7-3-2-4-8-13/h2-4,7-8,14-16H,5-6,9-12H2,1H3/t14-,15+,16+/m0/s1. The third-order valence-electron chi connectivity index (χ3n) is 4.76. The summed E-state index contributed by atoms with van der Waals surface area (Å²) in [5.41, 5.74) is 1.58. The van der Waals surface area contributed by atoms with Crippen molar-refractivity contribution < 1.29 is 0 Å². The van der Waals surface area contributed by atoms with E-state index < -0.39 is 0 Å². The molecule has 17 heavy (non-hydrogen) atoms. The third kappa shape index (κ3) is 2.26. The van der Waals surface area contributed by atoms with Crippen LogP contribution in [-0.4, -0.2) is 25.0 Å². The molecule has 0 N–H and O–H groups in total. The molecule has 2 fully saturated rings. The summed E-state index contributed by atoms with van der Waals surface area (Å²) >= 11 is 0. The van der Waals surface area contributed by atoms with Gasteiger partial charge >= 0.3 is 0 Å². The number of fused-ring (bicyclic) bond motifs is 1. The summed E-state index contributed by atoms with van der Waals surface area (Å²) in [6.45, 7) is 2.64. The molecule has 92 valence electrons. The minimum Gasteiger partial charge on any atom is -0.306 e. The molecule has 0 radical (unpaired) electrons. The van der Waals surface area contributed by atoms with Crippen LogP contribution >= 0.6 is 0 Å². The Kier molecular flexibility index (Phi) is 3.19. The van der Waals surface area contributed by atoms with Crippen molar-refractivity contribution >= 4 is 0 Å². The van der Waals surface area contributed by atoms with Gasteiger partial charge in [-0.2, -0.15) is 0 Å². The van der Waals surface area contributed by atoms with Gasteiger partial charge in [-0.25, -0.2) is 0 Å². The fourth-order valence-electron chi connectivity index (χ4n) is 3.98. The van der Waals surface area contributed by atoms with Crippen LogP contribution in [0.1, 0.15) is 37.2 Å². The molecule has 1 aliphatic heterocycles. The van der Waals surface area contributed by atoms with Crippen LogP contribution in [0.4, 0.5) is 0 Å². The summed E-state index contributed by atoms with van der Waals surface area (Å²) in [5.74, 6) is 2.67. The van der Waals surface area contributed by atoms with Gasteiger partial charge in [0.2, 0.25) is 0 Å². The van der Waals surface area contributed by atoms with Crippen LogP contribution in [0.2, 0.25) is 0 Å². The molecular weight excluding hydrogens is 206 g/mol. The predicted octanol–water partition coefficient (Wildman–Crippen LogP) is 3.52. The van der Waals surface area contributed by atoms with E-state index in [1.807, 2.05) is 0 Å². The highest BCUT2D eigenvalue weighted by molar-refractivity contribution is 5.21. The molecule has 0 aromatic heterocycles. The van der Waals surface area contributed by atoms with Gasteiger partial charge in [0.25, 0.3) is 0 Å². The zero-order chi connectivity index (χ0) is 11.7. The summed E-state index contributed by atoms with van der Waals surface area (Å²) in [7, 11) is 2.29. The normalized spacial score (nSPS) is 34.3. The Bertz CT molecular complexity index is 359. The Morgan fingerprint density at radius 1 is 1.00 bits per heavy atom. The molecular formula is C16H23N. The van der Waals surface area contributed by atoms with Gasteiger partial charge in [-0.1, -0.05) is 43.2 Å². The topological polar surface area (TPSA) is 3.24 Å². The number of nitrogens with zero attached hydrogens (tertiary/aromatic N) is 1. The lowest BCUT2D eigenvalue weighted by molar-refractivity contribution is 0.348. The maximum atomic E-state index is 2.54. The van der Waals surface area contributed by atoms with Crippen molar-refractivity contribution in [3.05, 3.63) is 35.9 Å². The highest BCUT2D eigenvalue weighted by Crippen LogP contribution is 2.43. The van der Waals surface area contributed by atoms with E-state index in [0.29, 0.717) is 0 Å². The van der Waals surface area contributed by atoms with Crippen LogP contribution < -0.4 is 0 Å². The van der Waals surface area contributed by atoms with Gasteiger partial charge in [-0.05, 0) is 43.2 Å². The maximum absolute atomic E-state index is 2.54. The molecule has 1 saturated heterocycles. The van der Waals surface area contributed by atoms with Gasteiger partial charge < -0.3 is 4.90 Å². The Morgan fingerprint density at radius 2 is 1.76 bits per heavy atom. The number of likely N-dealkylation sites (tertiary alicyclic amines) is 1. The molecule has 1 heteroatoms. The van der Waals surface area contributed by atoms with Crippen molar-refractivity contribution in [2.24, 2.45) is 11.8 Å². The molecule has 3 atom stereocenters. The smallest absolute Gasteiger partial charge is 0.00157 e. The van der Waals surface area contributed by atoms with E-state index in [1.54, 1.807) is 5.56 Å². The monoisotopic (exact) mass is 229 g/mol. The molecule has 1 heterocycles. The highest BCUT2D eigenvalue weighted by atomic mass is 15.1. The first-order chi connectivity index (χ1) is 8.34. The Morgan fingerprint density at radius 3 is 2.59 bits per heavy atom. The maximum Gasteiger partial charge on any atom is 0.00157 e. The molecule has 0 amide bonds. The van der Waals surface area contributed by atoms with Crippen molar-refractivity contribution in [1.29, 1.82) is 0 Å². The molecule has 1 nitrogen and oxygen atoms in total. The van der Waals surface area contributed by atoms with Crippen molar-refractivity contribution in [2.75, 3.05) is 20.1 Å². The lowest BCUT2D eigenvalue weighted by atomic mass is 9.79. The Hall–Kier alpha value is -0.820. The van der Waals surface area contributed by atoms with Crippen LogP contribution in [0.15, 0.2) is 30.3 Å². The molecule has 1 saturated carbocycles. The van der Waals surface area contributed by atoms with Gasteiger partial charge in [-0.3, -0.25) is 0 Å². The zero-order valence-corrected chi connectivity index (χ0v) is 10.8. The summed E-state index contributed by atoms with van der Waals surface area (Å²) < 4.78 is 0. The minimum atomic E-state index is 0.814. The van der Waals surface area contributed by atoms with Crippen LogP contribution in [0, 0.1) is 11.8 Å². The van der Waals surface area contributed by atoms with E-state index in [1.165, 1.54) is 38.8 Å². The average Bonchev–Trinajstić information content (AvgIpc) is 2.61. The van der Waals surface area contributed by atoms with E-state index in [4.69, 9.17) is 0 Å². The lowest BCUT2D eigenvalue weighted by Gasteiger charge is -2.25. The van der Waals surface area contributed by atoms with Gasteiger partial charge in [0.1, 0.15) is 0 Å². The predicted molar refractivity (Wildman–Crippen MR) is 72.1 cm³/mol. The molecule has 0 unspecified atom stereocenters. The second-order valence-corrected chi connectivity index (χ2v) is 5.95. The molecule has 1 aromatic rings. The van der Waals surface area contributed by atoms with Crippen molar-refractivity contribution in [2.45, 2.75) is 31.6 Å². The minimum absolute atomic E-state index is 0.814. The highest BCUT2D eigenvalue weighted by Gasteiger charge is 2.37. The first-order valence-electron chi connectivity index (χ1n) is 7.08. The largest absolute Gasteiger partial charge is 0.306 e. The van der Waals surface area contributed by atoms with Crippen LogP contribution in [0.25, 0.3) is 0 Å². The number of benzene rings is 1. The second-order valence-electron chi connectivity index (χ2n) is 5.95. The third-order valence-corrected chi connectivity index (χ3v) is 4.76. The van der Waals surface area contributed by atoms with E-state index >= 15 is 0 Å². The average molecular weight is 229 g/mol. The van der Waals surface area contributed by atoms with Gasteiger partial charge in [0.15, 0.2) is 0 Å². The van der Waals surface area contributed by atoms with Crippen LogP contribution in [0.5, 0.6) is 0 Å². The molecule has 2 aliphatic rings. The molecule has 1 aromatic carbocycles. The van der Waals surface area contributed by atoms with E-state index in [-0.39, 0.29) is 0 Å². The number of hydrogen-bond acceptors (Lipinski definition) is 1. The number of hydrogen-bond donors (Lipinski definition) is 0. The summed E-state index contributed by atoms with van der Waals surface area (Å²) in [5, 5.41) is 0. The molecule has 3 rings (SSSR count). The Balaban J connectivity index is 1.86. The van der Waals surface area contributed by atoms with Gasteiger partial charge in [0, 0.05) is 13.1 Å². The van der Waals surface area contributed by atoms with Crippen molar-refractivity contribution in [1.82, 2.24) is 4.90 Å². The number of rotatable bonds is 1. The fraction of sp³-hybridized carbons (Fsp3) is 0.625. The quantitative estimate of drug-likeness (QED) is 0.712. The molecule has 0 bridgehead atoms. The zero-order valence-electron chi connectivity index (χ0n) is 10.8. The first kappa shape index (κ1) is 11.3. The Labute approximate surface area is 105 Å². The van der Waals surface area contributed by atoms with Gasteiger partial charge in [-0.15, -0.1) is 0 Å². The second kappa shape index (κ2) is 4.81. The first-order valence-corrected chi connectivity index (χ1v) is 7.08. The van der Waals surface area contributed by atoms with E-state index in [2.05, 4.69) is 42.3 Å².